The highest BCUT2D eigenvalue weighted by molar-refractivity contribution is 6.21. The van der Waals surface area contributed by atoms with E-state index in [2.05, 4.69) is 0 Å². The lowest BCUT2D eigenvalue weighted by Crippen LogP contribution is -1.98. The number of hydrogen-bond donors (Lipinski definition) is 0. The quantitative estimate of drug-likeness (QED) is 0.159. The molecule has 0 atom stereocenters. The summed E-state index contributed by atoms with van der Waals surface area (Å²) in [7, 11) is 0. The first kappa shape index (κ1) is 13.1. The summed E-state index contributed by atoms with van der Waals surface area (Å²) in [4.78, 5) is 0. The predicted molar refractivity (Wildman–Crippen MR) is 165 cm³/mol. The summed E-state index contributed by atoms with van der Waals surface area (Å²) in [5.41, 5.74) is 2.13. The first-order chi connectivity index (χ1) is 23.9. The second-order valence-electron chi connectivity index (χ2n) is 9.64. The van der Waals surface area contributed by atoms with E-state index in [1.807, 2.05) is 54.6 Å². The van der Waals surface area contributed by atoms with Gasteiger partial charge in [0.1, 0.15) is 11.5 Å². The molecule has 0 spiro atoms. The molecule has 1 nitrogen and oxygen atoms in total. The predicted octanol–water partition coefficient (Wildman–Crippen LogP) is 10.9. The average molecular weight is 506 g/mol. The Balaban J connectivity index is 1.49. The summed E-state index contributed by atoms with van der Waals surface area (Å²) in [6.07, 6.45) is 0. The van der Waals surface area contributed by atoms with Crippen LogP contribution in [0.2, 0.25) is 0 Å². The van der Waals surface area contributed by atoms with Gasteiger partial charge in [-0.2, -0.15) is 0 Å². The van der Waals surface area contributed by atoms with Crippen LogP contribution in [-0.4, -0.2) is 0 Å². The van der Waals surface area contributed by atoms with E-state index in [1.54, 1.807) is 12.1 Å². The normalized spacial score (nSPS) is 16.3. The first-order valence-corrected chi connectivity index (χ1v) is 12.5. The molecular formula is C38H22O. The molecule has 0 aliphatic carbocycles. The summed E-state index contributed by atoms with van der Waals surface area (Å²) >= 11 is 0. The molecule has 1 aliphatic heterocycles. The van der Waals surface area contributed by atoms with Crippen LogP contribution in [0.3, 0.4) is 0 Å². The molecule has 0 bridgehead atoms. The first-order valence-electron chi connectivity index (χ1n) is 18.0. The van der Waals surface area contributed by atoms with E-state index in [0.717, 1.165) is 27.1 Å². The van der Waals surface area contributed by atoms with Crippen molar-refractivity contribution in [3.63, 3.8) is 0 Å². The van der Waals surface area contributed by atoms with Gasteiger partial charge in [-0.05, 0) is 89.4 Å². The van der Waals surface area contributed by atoms with Gasteiger partial charge in [-0.3, -0.25) is 0 Å². The highest BCUT2D eigenvalue weighted by Crippen LogP contribution is 2.50. The summed E-state index contributed by atoms with van der Waals surface area (Å²) in [5.74, 6) is 1.23. The second kappa shape index (κ2) is 7.69. The fraction of sp³-hybridized carbons (Fsp3) is 0. The van der Waals surface area contributed by atoms with Crippen LogP contribution in [0.5, 0.6) is 11.5 Å². The Kier molecular flexibility index (Phi) is 2.58. The molecule has 180 valence electrons. The van der Waals surface area contributed by atoms with Crippen molar-refractivity contribution >= 4 is 53.9 Å². The van der Waals surface area contributed by atoms with Crippen molar-refractivity contribution in [1.82, 2.24) is 0 Å². The van der Waals surface area contributed by atoms with E-state index in [1.165, 1.54) is 0 Å². The Hall–Kier alpha value is -5.14. The van der Waals surface area contributed by atoms with Crippen LogP contribution in [-0.2, 0) is 0 Å². The minimum Gasteiger partial charge on any atom is -0.456 e. The molecule has 0 N–H and O–H groups in total. The molecule has 1 heteroatoms. The molecule has 0 fully saturated rings. The van der Waals surface area contributed by atoms with Crippen LogP contribution in [0.25, 0.3) is 76.1 Å². The molecule has 8 aromatic carbocycles. The Morgan fingerprint density at radius 1 is 0.487 bits per heavy atom. The lowest BCUT2D eigenvalue weighted by atomic mass is 9.87. The van der Waals surface area contributed by atoms with Gasteiger partial charge in [0.25, 0.3) is 0 Å². The number of rotatable bonds is 1. The van der Waals surface area contributed by atoms with Crippen LogP contribution in [0.15, 0.2) is 133 Å². The molecule has 0 unspecified atom stereocenters. The molecule has 0 saturated heterocycles. The topological polar surface area (TPSA) is 9.23 Å². The van der Waals surface area contributed by atoms with Crippen molar-refractivity contribution in [1.29, 1.82) is 0 Å². The van der Waals surface area contributed by atoms with Crippen molar-refractivity contribution in [2.75, 3.05) is 0 Å². The van der Waals surface area contributed by atoms with Gasteiger partial charge in [0.15, 0.2) is 0 Å². The molecule has 0 saturated carbocycles. The zero-order valence-electron chi connectivity index (χ0n) is 31.3. The Morgan fingerprint density at radius 2 is 1.31 bits per heavy atom. The summed E-state index contributed by atoms with van der Waals surface area (Å²) < 4.78 is 103. The minimum absolute atomic E-state index is 0.0173. The lowest BCUT2D eigenvalue weighted by Gasteiger charge is -2.23. The van der Waals surface area contributed by atoms with Crippen molar-refractivity contribution in [3.8, 4) is 33.8 Å². The van der Waals surface area contributed by atoms with Gasteiger partial charge in [-0.15, -0.1) is 0 Å². The number of fused-ring (bicyclic) bond motifs is 8. The van der Waals surface area contributed by atoms with Gasteiger partial charge in [0.2, 0.25) is 0 Å². The van der Waals surface area contributed by atoms with E-state index in [4.69, 9.17) is 17.1 Å². The van der Waals surface area contributed by atoms with Crippen molar-refractivity contribution < 1.29 is 19.8 Å². The van der Waals surface area contributed by atoms with Crippen LogP contribution in [0.4, 0.5) is 0 Å². The third kappa shape index (κ3) is 2.90. The van der Waals surface area contributed by atoms with E-state index in [9.17, 15) is 2.74 Å². The zero-order chi connectivity index (χ0) is 35.1. The maximum Gasteiger partial charge on any atom is 0.136 e. The molecule has 1 heterocycles. The van der Waals surface area contributed by atoms with Crippen molar-refractivity contribution in [2.45, 2.75) is 0 Å². The third-order valence-corrected chi connectivity index (χ3v) is 7.56. The van der Waals surface area contributed by atoms with Crippen LogP contribution < -0.4 is 4.74 Å². The van der Waals surface area contributed by atoms with Crippen molar-refractivity contribution in [2.24, 2.45) is 0 Å². The number of ether oxygens (including phenoxy) is 1. The Labute approximate surface area is 241 Å². The van der Waals surface area contributed by atoms with Gasteiger partial charge in [-0.1, -0.05) is 109 Å². The van der Waals surface area contributed by atoms with Gasteiger partial charge in [0, 0.05) is 10.9 Å². The standard InChI is InChI=1S/C38H22O/c1-4-11-27-23(8-1)16-18-32-33(27)20-24-9-3-6-13-29(24)37(32)26-17-19-35-34(21-26)31-15-7-14-30-28-12-5-2-10-25(28)22-36(39-35)38(30)31/h1-22H/i1D,3D,4D,6D,8D,9D,11D,13D,16D,18D,20D. The molecule has 9 rings (SSSR count). The smallest absolute Gasteiger partial charge is 0.136 e. The number of hydrogen-bond acceptors (Lipinski definition) is 1. The minimum atomic E-state index is -0.582. The lowest BCUT2D eigenvalue weighted by molar-refractivity contribution is 0.488. The fourth-order valence-corrected chi connectivity index (χ4v) is 5.88. The van der Waals surface area contributed by atoms with Gasteiger partial charge < -0.3 is 4.74 Å². The molecule has 39 heavy (non-hydrogen) atoms. The fourth-order valence-electron chi connectivity index (χ4n) is 5.88. The summed E-state index contributed by atoms with van der Waals surface area (Å²) in [6.45, 7) is 0. The van der Waals surface area contributed by atoms with Crippen LogP contribution in [0.1, 0.15) is 15.1 Å². The third-order valence-electron chi connectivity index (χ3n) is 7.56. The molecule has 0 aromatic heterocycles. The molecule has 1 aliphatic rings. The zero-order valence-corrected chi connectivity index (χ0v) is 20.3. The summed E-state index contributed by atoms with van der Waals surface area (Å²) in [6, 6.07) is 15.7. The van der Waals surface area contributed by atoms with E-state index in [-0.39, 0.29) is 37.9 Å². The number of benzene rings is 8. The van der Waals surface area contributed by atoms with Crippen LogP contribution in [0, 0.1) is 0 Å². The monoisotopic (exact) mass is 505 g/mol. The largest absolute Gasteiger partial charge is 0.456 e. The van der Waals surface area contributed by atoms with E-state index in [0.29, 0.717) is 22.6 Å². The van der Waals surface area contributed by atoms with Gasteiger partial charge >= 0.3 is 0 Å². The van der Waals surface area contributed by atoms with Gasteiger partial charge in [-0.25, -0.2) is 0 Å². The van der Waals surface area contributed by atoms with Crippen LogP contribution >= 0.6 is 0 Å². The summed E-state index contributed by atoms with van der Waals surface area (Å²) in [5, 5.41) is 3.28. The molecular weight excluding hydrogens is 472 g/mol. The van der Waals surface area contributed by atoms with E-state index >= 15 is 0 Å². The Bertz CT molecular complexity index is 2920. The highest BCUT2D eigenvalue weighted by Gasteiger charge is 2.23. The average Bonchev–Trinajstić information content (AvgIpc) is 3.12. The van der Waals surface area contributed by atoms with Gasteiger partial charge in [0.05, 0.1) is 15.1 Å². The van der Waals surface area contributed by atoms with Crippen molar-refractivity contribution in [3.05, 3.63) is 133 Å². The maximum atomic E-state index is 9.35. The maximum absolute atomic E-state index is 9.35. The molecule has 0 amide bonds. The SMILES string of the molecule is [2H]c1c([2H])c([2H])c2c([2H])c3c(c([2H])c([2H])c4c([2H])c([2H])c([2H])c([2H])c43)c(-c3ccc4c(c3)-c3cccc5c3c(cc3ccccc35)O4)c2c1[2H]. The van der Waals surface area contributed by atoms with E-state index < -0.39 is 66.5 Å². The highest BCUT2D eigenvalue weighted by atomic mass is 16.5. The molecule has 0 radical (unpaired) electrons. The Morgan fingerprint density at radius 3 is 2.26 bits per heavy atom. The molecule has 8 aromatic rings. The second-order valence-corrected chi connectivity index (χ2v) is 9.64.